The number of carbonyl (C=O) groups excluding carboxylic acids is 7. The summed E-state index contributed by atoms with van der Waals surface area (Å²) >= 11 is 8.57. The highest BCUT2D eigenvalue weighted by atomic mass is 32.7. The van der Waals surface area contributed by atoms with Gasteiger partial charge in [-0.1, -0.05) is 111 Å². The molecule has 9 atom stereocenters. The van der Waals surface area contributed by atoms with Crippen molar-refractivity contribution in [1.82, 2.24) is 50.3 Å². The molecule has 1 saturated carbocycles. The molecule has 0 spiro atoms. The molecule has 668 valence electrons. The molecule has 11 rings (SSSR count). The SMILES string of the molecule is CC(C)C(NC(=O)CCOCCOCCOCCOCCOCCOCCOCCOCCNC(=O)CCC(=O)N1Cc2ccccc2C#Cc2ccccc21)C(=O)NCC(=O)Nc1ccc(COC(=O)N(C)Cc2ccccc2C(=O)Nc2nc3c(ncn3[C@@H]3O[C@@H]4CO[P@@](=O)(S)O[C@H]5C[C@H](Oc6ccncn6)C[C@@H]5CO[P@@](=O)(S)O[C@@H]3C4)c(=O)[nH]2)cc1. The Balaban J connectivity index is 0.484. The summed E-state index contributed by atoms with van der Waals surface area (Å²) in [5.41, 5.74) is 3.84. The van der Waals surface area contributed by atoms with E-state index in [0.29, 0.717) is 128 Å². The van der Waals surface area contributed by atoms with Gasteiger partial charge in [0.25, 0.3) is 11.5 Å². The number of hydrogen-bond donors (Lipinski definition) is 8. The lowest BCUT2D eigenvalue weighted by atomic mass is 10.0. The third kappa shape index (κ3) is 30.3. The third-order valence-electron chi connectivity index (χ3n) is 19.6. The third-order valence-corrected chi connectivity index (χ3v) is 22.9. The first-order valence-corrected chi connectivity index (χ1v) is 45.9. The van der Waals surface area contributed by atoms with Crippen LogP contribution in [0.5, 0.6) is 5.88 Å². The second-order valence-corrected chi connectivity index (χ2v) is 34.9. The summed E-state index contributed by atoms with van der Waals surface area (Å²) in [4.78, 5) is 128. The lowest BCUT2D eigenvalue weighted by Gasteiger charge is -2.26. The van der Waals surface area contributed by atoms with Crippen molar-refractivity contribution in [3.05, 3.63) is 166 Å². The lowest BCUT2D eigenvalue weighted by molar-refractivity contribution is -0.131. The maximum Gasteiger partial charge on any atom is 0.410 e. The number of nitrogens with zero attached hydrogens (tertiary/aromatic N) is 7. The van der Waals surface area contributed by atoms with E-state index in [2.05, 4.69) is 87.8 Å². The van der Waals surface area contributed by atoms with Crippen LogP contribution < -0.4 is 41.8 Å². The second kappa shape index (κ2) is 48.8. The molecule has 42 heteroatoms. The fraction of sp³-hybridized carbons (Fsp3) is 0.488. The molecule has 6 heterocycles. The average Bonchev–Trinajstić information content (AvgIpc) is 1.60. The number of hydrogen-bond acceptors (Lipinski definition) is 29. The number of nitrogens with one attached hydrogen (secondary N) is 6. The summed E-state index contributed by atoms with van der Waals surface area (Å²) < 4.78 is 115. The van der Waals surface area contributed by atoms with Crippen molar-refractivity contribution in [3.63, 3.8) is 0 Å². The number of aromatic amines is 1. The zero-order valence-electron chi connectivity index (χ0n) is 68.8. The highest BCUT2D eigenvalue weighted by molar-refractivity contribution is 8.44. The molecule has 1 unspecified atom stereocenters. The molecule has 4 aliphatic rings. The normalized spacial score (nSPS) is 20.1. The maximum atomic E-state index is 14.0. The van der Waals surface area contributed by atoms with E-state index in [0.717, 1.165) is 22.4 Å². The topological polar surface area (TPSA) is 448 Å². The summed E-state index contributed by atoms with van der Waals surface area (Å²) in [5.74, 6) is 3.00. The van der Waals surface area contributed by atoms with Crippen LogP contribution in [0.25, 0.3) is 11.2 Å². The van der Waals surface area contributed by atoms with Gasteiger partial charge in [-0.2, -0.15) is 4.98 Å². The first-order chi connectivity index (χ1) is 60.0. The summed E-state index contributed by atoms with van der Waals surface area (Å²) in [7, 11) is 1.48. The van der Waals surface area contributed by atoms with Crippen LogP contribution in [0.4, 0.5) is 22.1 Å². The number of imidazole rings is 1. The molecule has 3 aromatic heterocycles. The Hall–Kier alpha value is -9.60. The van der Waals surface area contributed by atoms with E-state index in [4.69, 9.17) is 70.2 Å². The number of carbonyl (C=O) groups is 7. The molecule has 4 aromatic carbocycles. The van der Waals surface area contributed by atoms with E-state index < -0.39 is 98.0 Å². The lowest BCUT2D eigenvalue weighted by Crippen LogP contribution is -2.51. The van der Waals surface area contributed by atoms with Crippen molar-refractivity contribution in [2.24, 2.45) is 11.8 Å². The first kappa shape index (κ1) is 95.1. The van der Waals surface area contributed by atoms with Gasteiger partial charge >= 0.3 is 19.7 Å². The number of para-hydroxylation sites is 1. The van der Waals surface area contributed by atoms with Gasteiger partial charge < -0.3 is 87.7 Å². The molecule has 3 aliphatic heterocycles. The monoisotopic (exact) mass is 1800 g/mol. The Morgan fingerprint density at radius 2 is 1.27 bits per heavy atom. The van der Waals surface area contributed by atoms with Crippen molar-refractivity contribution < 1.29 is 113 Å². The van der Waals surface area contributed by atoms with Crippen LogP contribution in [0, 0.1) is 23.7 Å². The van der Waals surface area contributed by atoms with Crippen LogP contribution >= 0.6 is 38.1 Å². The number of anilines is 3. The van der Waals surface area contributed by atoms with Crippen molar-refractivity contribution in [3.8, 4) is 17.7 Å². The molecule has 2 saturated heterocycles. The van der Waals surface area contributed by atoms with E-state index >= 15 is 0 Å². The minimum Gasteiger partial charge on any atom is -0.474 e. The molecule has 3 fully saturated rings. The molecule has 2 bridgehead atoms. The highest BCUT2D eigenvalue weighted by Crippen LogP contribution is 2.60. The summed E-state index contributed by atoms with van der Waals surface area (Å²) in [5, 5.41) is 13.4. The van der Waals surface area contributed by atoms with E-state index in [-0.39, 0.29) is 119 Å². The number of ether oxygens (including phenoxy) is 11. The van der Waals surface area contributed by atoms with Crippen molar-refractivity contribution in [1.29, 1.82) is 0 Å². The van der Waals surface area contributed by atoms with Crippen LogP contribution in [0.15, 0.2) is 127 Å². The van der Waals surface area contributed by atoms with Crippen LogP contribution in [-0.2, 0) is 118 Å². The number of H-pyrrole nitrogens is 1. The van der Waals surface area contributed by atoms with Crippen LogP contribution in [-0.4, -0.2) is 245 Å². The number of aromatic nitrogens is 6. The quantitative estimate of drug-likeness (QED) is 0.00791. The number of amides is 7. The molecule has 124 heavy (non-hydrogen) atoms. The number of rotatable bonds is 45. The van der Waals surface area contributed by atoms with Crippen molar-refractivity contribution >= 4 is 108 Å². The zero-order valence-corrected chi connectivity index (χ0v) is 72.4. The standard InChI is InChI=1S/C82H103N13O25P2S2/c1-55(2)74(89-70(97)25-28-106-30-32-108-34-36-110-38-40-112-42-43-113-41-39-111-37-35-109-33-31-107-29-27-84-69(96)22-23-73(99)94-49-59-12-5-4-10-57(59)18-19-58-11-7-9-15-66(58)94)78(101)85-47-71(98)88-62-20-16-56(17-21-62)50-114-82(103)93(3)48-60-13-6-8-14-65(60)77(100)91-81-90-76-75(79(102)92-81)87-54-95(76)80-68-46-64(118-80)52-116-122(105,124)119-67-45-63(117-72-24-26-83-53-86-72)44-61(67)51-115-121(104,123)120-68/h4-17,20-21,24,26,53-55,61,63-64,67-68,74,80H,22-23,25,27-52H2,1-3H3,(H,84,96)(H,85,101)(H,88,98)(H,89,97)(H,104,123)(H,105,124)(H2,90,91,92,100,102)/t61-,63-,64+,67+,68-,74?,80-,121-,122-/m1/s1. The van der Waals surface area contributed by atoms with Gasteiger partial charge in [0.2, 0.25) is 41.4 Å². The number of benzene rings is 4. The predicted molar refractivity (Wildman–Crippen MR) is 455 cm³/mol. The van der Waals surface area contributed by atoms with Gasteiger partial charge in [-0.15, -0.1) is 0 Å². The molecule has 7 amide bonds. The van der Waals surface area contributed by atoms with Crippen LogP contribution in [0.3, 0.4) is 0 Å². The molecule has 7 aromatic rings. The molecule has 6 N–H and O–H groups in total. The van der Waals surface area contributed by atoms with Crippen LogP contribution in [0.2, 0.25) is 0 Å². The van der Waals surface area contributed by atoms with E-state index in [1.54, 1.807) is 67.3 Å². The van der Waals surface area contributed by atoms with Gasteiger partial charge in [0.05, 0.1) is 156 Å². The average molecular weight is 1800 g/mol. The van der Waals surface area contributed by atoms with Gasteiger partial charge in [0.15, 0.2) is 17.4 Å². The zero-order chi connectivity index (χ0) is 87.6. The minimum absolute atomic E-state index is 0.000353. The first-order valence-electron chi connectivity index (χ1n) is 40.5. The summed E-state index contributed by atoms with van der Waals surface area (Å²) in [6, 6.07) is 28.8. The summed E-state index contributed by atoms with van der Waals surface area (Å²) in [6.07, 6.45) is -0.317. The summed E-state index contributed by atoms with van der Waals surface area (Å²) in [6.45, 7) is 0.195. The molecule has 38 nitrogen and oxygen atoms in total. The largest absolute Gasteiger partial charge is 0.474 e. The molecular formula is C82H103N13O25P2S2. The Morgan fingerprint density at radius 1 is 0.653 bits per heavy atom. The Morgan fingerprint density at radius 3 is 1.95 bits per heavy atom. The van der Waals surface area contributed by atoms with Gasteiger partial charge in [0, 0.05) is 92.8 Å². The predicted octanol–water partition coefficient (Wildman–Crippen LogP) is 7.53. The van der Waals surface area contributed by atoms with Crippen LogP contribution in [0.1, 0.15) is 96.8 Å². The Kier molecular flexibility index (Phi) is 37.4. The van der Waals surface area contributed by atoms with Gasteiger partial charge in [-0.05, 0) is 65.4 Å². The van der Waals surface area contributed by atoms with Crippen molar-refractivity contribution in [2.45, 2.75) is 109 Å². The fourth-order valence-corrected chi connectivity index (χ4v) is 16.5. The minimum atomic E-state index is -4.19. The van der Waals surface area contributed by atoms with Crippen molar-refractivity contribution in [2.75, 3.05) is 155 Å². The number of fused-ring (bicyclic) bond motifs is 6. The van der Waals surface area contributed by atoms with Gasteiger partial charge in [-0.25, -0.2) is 28.9 Å². The molecule has 0 radical (unpaired) electrons. The highest BCUT2D eigenvalue weighted by Gasteiger charge is 2.47. The maximum absolute atomic E-state index is 14.0. The van der Waals surface area contributed by atoms with Gasteiger partial charge in [-0.3, -0.25) is 62.0 Å². The Bertz CT molecular complexity index is 4940. The Labute approximate surface area is 726 Å². The van der Waals surface area contributed by atoms with E-state index in [9.17, 15) is 47.5 Å². The fourth-order valence-electron chi connectivity index (χ4n) is 13.4. The smallest absolute Gasteiger partial charge is 0.410 e. The molecular weight excluding hydrogens is 1690 g/mol. The van der Waals surface area contributed by atoms with E-state index in [1.807, 2.05) is 48.5 Å². The molecule has 1 aliphatic carbocycles. The number of thiol groups is 2. The van der Waals surface area contributed by atoms with E-state index in [1.165, 1.54) is 41.4 Å². The second-order valence-electron chi connectivity index (χ2n) is 29.1. The van der Waals surface area contributed by atoms with Gasteiger partial charge in [0.1, 0.15) is 31.2 Å².